The topological polar surface area (TPSA) is 58.6 Å². The van der Waals surface area contributed by atoms with Crippen LogP contribution in [0.3, 0.4) is 0 Å². The average molecular weight is 318 g/mol. The zero-order valence-corrected chi connectivity index (χ0v) is 14.2. The summed E-state index contributed by atoms with van der Waals surface area (Å²) in [6, 6.07) is 8.37. The van der Waals surface area contributed by atoms with Gasteiger partial charge in [-0.05, 0) is 37.8 Å². The number of amides is 2. The molecule has 0 saturated carbocycles. The van der Waals surface area contributed by atoms with Crippen LogP contribution >= 0.6 is 0 Å². The maximum atomic E-state index is 12.0. The molecule has 0 bridgehead atoms. The van der Waals surface area contributed by atoms with Crippen molar-refractivity contribution in [2.75, 3.05) is 19.7 Å². The molecule has 2 amide bonds. The van der Waals surface area contributed by atoms with E-state index in [0.29, 0.717) is 26.1 Å². The van der Waals surface area contributed by atoms with E-state index in [1.54, 1.807) is 4.90 Å². The first-order valence-corrected chi connectivity index (χ1v) is 8.21. The average Bonchev–Trinajstić information content (AvgIpc) is 2.98. The Kier molecular flexibility index (Phi) is 5.64. The highest BCUT2D eigenvalue weighted by Gasteiger charge is 2.35. The second kappa shape index (κ2) is 7.49. The van der Waals surface area contributed by atoms with E-state index in [0.717, 1.165) is 12.8 Å². The van der Waals surface area contributed by atoms with Crippen molar-refractivity contribution in [2.24, 2.45) is 0 Å². The first kappa shape index (κ1) is 17.3. The molecule has 1 aromatic rings. The molecule has 0 aromatic heterocycles. The van der Waals surface area contributed by atoms with Crippen molar-refractivity contribution in [3.05, 3.63) is 35.4 Å². The van der Waals surface area contributed by atoms with Gasteiger partial charge in [0.15, 0.2) is 0 Å². The molecule has 1 N–H and O–H groups in total. The third kappa shape index (κ3) is 4.71. The molecule has 1 saturated heterocycles. The van der Waals surface area contributed by atoms with Crippen molar-refractivity contribution in [1.82, 2.24) is 10.2 Å². The summed E-state index contributed by atoms with van der Waals surface area (Å²) >= 11 is 0. The third-order valence-corrected chi connectivity index (χ3v) is 4.28. The number of carbonyl (C=O) groups is 2. The van der Waals surface area contributed by atoms with Gasteiger partial charge < -0.3 is 10.1 Å². The van der Waals surface area contributed by atoms with Crippen LogP contribution in [0.2, 0.25) is 0 Å². The van der Waals surface area contributed by atoms with Gasteiger partial charge in [0.25, 0.3) is 0 Å². The summed E-state index contributed by atoms with van der Waals surface area (Å²) < 4.78 is 4.96. The van der Waals surface area contributed by atoms with Crippen LogP contribution in [0.15, 0.2) is 24.3 Å². The highest BCUT2D eigenvalue weighted by Crippen LogP contribution is 2.18. The lowest BCUT2D eigenvalue weighted by atomic mass is 10.0. The fraction of sp³-hybridized carbons (Fsp3) is 0.556. The van der Waals surface area contributed by atoms with Crippen LogP contribution in [0.1, 0.15) is 38.3 Å². The summed E-state index contributed by atoms with van der Waals surface area (Å²) in [5.74, 6) is 0.00482. The van der Waals surface area contributed by atoms with Gasteiger partial charge in [0.1, 0.15) is 6.61 Å². The van der Waals surface area contributed by atoms with Crippen LogP contribution in [0.25, 0.3) is 0 Å². The zero-order chi connectivity index (χ0) is 16.9. The van der Waals surface area contributed by atoms with Gasteiger partial charge in [-0.1, -0.05) is 31.2 Å². The molecule has 0 aliphatic carbocycles. The number of aryl methyl sites for hydroxylation is 2. The first-order chi connectivity index (χ1) is 10.9. The Morgan fingerprint density at radius 3 is 2.48 bits per heavy atom. The molecular weight excluding hydrogens is 292 g/mol. The molecule has 126 valence electrons. The van der Waals surface area contributed by atoms with E-state index < -0.39 is 5.54 Å². The first-order valence-electron chi connectivity index (χ1n) is 8.21. The van der Waals surface area contributed by atoms with Crippen molar-refractivity contribution in [1.29, 1.82) is 0 Å². The van der Waals surface area contributed by atoms with Crippen molar-refractivity contribution >= 4 is 12.0 Å². The predicted molar refractivity (Wildman–Crippen MR) is 89.3 cm³/mol. The van der Waals surface area contributed by atoms with Crippen molar-refractivity contribution in [2.45, 2.75) is 45.6 Å². The van der Waals surface area contributed by atoms with Crippen LogP contribution in [0.5, 0.6) is 0 Å². The fourth-order valence-corrected chi connectivity index (χ4v) is 2.64. The number of ether oxygens (including phenoxy) is 1. The number of hydrogen-bond donors (Lipinski definition) is 1. The molecule has 1 aromatic carbocycles. The van der Waals surface area contributed by atoms with E-state index >= 15 is 0 Å². The molecule has 1 aliphatic heterocycles. The molecule has 0 spiro atoms. The maximum Gasteiger partial charge on any atom is 0.410 e. The summed E-state index contributed by atoms with van der Waals surface area (Å²) in [5, 5.41) is 2.92. The van der Waals surface area contributed by atoms with Crippen LogP contribution in [-0.4, -0.2) is 42.1 Å². The summed E-state index contributed by atoms with van der Waals surface area (Å²) in [6.07, 6.45) is 1.89. The SMILES string of the molecule is CCc1ccc(CCC(=O)NCC(C)(C)N2CCOC2=O)cc1. The number of hydrogen-bond acceptors (Lipinski definition) is 3. The Morgan fingerprint density at radius 1 is 1.26 bits per heavy atom. The number of benzene rings is 1. The van der Waals surface area contributed by atoms with Gasteiger partial charge in [-0.15, -0.1) is 0 Å². The molecule has 1 fully saturated rings. The number of nitrogens with zero attached hydrogens (tertiary/aromatic N) is 1. The van der Waals surface area contributed by atoms with Gasteiger partial charge in [-0.2, -0.15) is 0 Å². The molecule has 5 heteroatoms. The quantitative estimate of drug-likeness (QED) is 0.840. The van der Waals surface area contributed by atoms with E-state index in [4.69, 9.17) is 4.74 Å². The third-order valence-electron chi connectivity index (χ3n) is 4.28. The van der Waals surface area contributed by atoms with Gasteiger partial charge in [-0.25, -0.2) is 4.79 Å². The van der Waals surface area contributed by atoms with Crippen molar-refractivity contribution in [3.63, 3.8) is 0 Å². The van der Waals surface area contributed by atoms with E-state index in [1.165, 1.54) is 11.1 Å². The fourth-order valence-electron chi connectivity index (χ4n) is 2.64. The smallest absolute Gasteiger partial charge is 0.410 e. The second-order valence-electron chi connectivity index (χ2n) is 6.53. The number of carbonyl (C=O) groups excluding carboxylic acids is 2. The highest BCUT2D eigenvalue weighted by molar-refractivity contribution is 5.76. The minimum atomic E-state index is -0.438. The Labute approximate surface area is 138 Å². The van der Waals surface area contributed by atoms with Gasteiger partial charge in [-0.3, -0.25) is 9.69 Å². The Hall–Kier alpha value is -2.04. The van der Waals surface area contributed by atoms with Crippen molar-refractivity contribution in [3.8, 4) is 0 Å². The van der Waals surface area contributed by atoms with E-state index in [1.807, 2.05) is 13.8 Å². The summed E-state index contributed by atoms with van der Waals surface area (Å²) in [7, 11) is 0. The molecule has 1 aliphatic rings. The lowest BCUT2D eigenvalue weighted by Gasteiger charge is -2.33. The summed E-state index contributed by atoms with van der Waals surface area (Å²) in [6.45, 7) is 7.41. The molecule has 0 unspecified atom stereocenters. The zero-order valence-electron chi connectivity index (χ0n) is 14.2. The minimum Gasteiger partial charge on any atom is -0.448 e. The lowest BCUT2D eigenvalue weighted by molar-refractivity contribution is -0.121. The maximum absolute atomic E-state index is 12.0. The summed E-state index contributed by atoms with van der Waals surface area (Å²) in [5.41, 5.74) is 2.03. The Bertz CT molecular complexity index is 552. The second-order valence-corrected chi connectivity index (χ2v) is 6.53. The predicted octanol–water partition coefficient (Wildman–Crippen LogP) is 2.53. The van der Waals surface area contributed by atoms with Crippen molar-refractivity contribution < 1.29 is 14.3 Å². The minimum absolute atomic E-state index is 0.00482. The Balaban J connectivity index is 1.77. The van der Waals surface area contributed by atoms with E-state index in [2.05, 4.69) is 36.5 Å². The highest BCUT2D eigenvalue weighted by atomic mass is 16.6. The standard InChI is InChI=1S/C18H26N2O3/c1-4-14-5-7-15(8-6-14)9-10-16(21)19-13-18(2,3)20-11-12-23-17(20)22/h5-8H,4,9-13H2,1-3H3,(H,19,21). The molecule has 1 heterocycles. The summed E-state index contributed by atoms with van der Waals surface area (Å²) in [4.78, 5) is 25.3. The van der Waals surface area contributed by atoms with Crippen LogP contribution < -0.4 is 5.32 Å². The van der Waals surface area contributed by atoms with E-state index in [-0.39, 0.29) is 12.0 Å². The van der Waals surface area contributed by atoms with Gasteiger partial charge in [0.05, 0.1) is 12.1 Å². The number of rotatable bonds is 7. The lowest BCUT2D eigenvalue weighted by Crippen LogP contribution is -2.52. The number of cyclic esters (lactones) is 1. The molecule has 2 rings (SSSR count). The van der Waals surface area contributed by atoms with Gasteiger partial charge in [0, 0.05) is 13.0 Å². The molecule has 0 radical (unpaired) electrons. The monoisotopic (exact) mass is 318 g/mol. The number of nitrogens with one attached hydrogen (secondary N) is 1. The van der Waals surface area contributed by atoms with Crippen LogP contribution in [-0.2, 0) is 22.4 Å². The van der Waals surface area contributed by atoms with Gasteiger partial charge >= 0.3 is 6.09 Å². The normalized spacial score (nSPS) is 14.7. The molecule has 23 heavy (non-hydrogen) atoms. The largest absolute Gasteiger partial charge is 0.448 e. The van der Waals surface area contributed by atoms with Gasteiger partial charge in [0.2, 0.25) is 5.91 Å². The van der Waals surface area contributed by atoms with Crippen LogP contribution in [0, 0.1) is 0 Å². The molecular formula is C18H26N2O3. The van der Waals surface area contributed by atoms with E-state index in [9.17, 15) is 9.59 Å². The van der Waals surface area contributed by atoms with Crippen LogP contribution in [0.4, 0.5) is 4.79 Å². The Morgan fingerprint density at radius 2 is 1.91 bits per heavy atom. The molecule has 5 nitrogen and oxygen atoms in total. The molecule has 0 atom stereocenters.